The molecule has 1 aliphatic heterocycles. The Bertz CT molecular complexity index is 1470. The Kier molecular flexibility index (Phi) is 20.2. The van der Waals surface area contributed by atoms with Crippen LogP contribution in [0.2, 0.25) is 0 Å². The van der Waals surface area contributed by atoms with Crippen LogP contribution in [0.1, 0.15) is 99.0 Å². The smallest absolute Gasteiger partial charge is 0.343 e. The largest absolute Gasteiger partial charge is 1.00 e. The van der Waals surface area contributed by atoms with Crippen LogP contribution in [0, 0.1) is 5.92 Å². The molecule has 0 bridgehead atoms. The third-order valence-electron chi connectivity index (χ3n) is 10.7. The number of likely N-dealkylation sites (N-methyl/N-ethyl adjacent to an activating group) is 1. The van der Waals surface area contributed by atoms with Gasteiger partial charge in [0, 0.05) is 37.7 Å². The molecule has 0 aromatic heterocycles. The Morgan fingerprint density at radius 2 is 1.54 bits per heavy atom. The lowest BCUT2D eigenvalue weighted by atomic mass is 9.80. The second-order valence-corrected chi connectivity index (χ2v) is 15.5. The van der Waals surface area contributed by atoms with Crippen molar-refractivity contribution >= 4 is 5.97 Å². The fourth-order valence-corrected chi connectivity index (χ4v) is 7.50. The van der Waals surface area contributed by atoms with Gasteiger partial charge in [0.1, 0.15) is 12.3 Å². The maximum Gasteiger partial charge on any atom is 0.343 e. The number of benzene rings is 3. The summed E-state index contributed by atoms with van der Waals surface area (Å²) in [6.07, 6.45) is 11.9. The molecule has 300 valence electrons. The van der Waals surface area contributed by atoms with E-state index in [0.29, 0.717) is 23.2 Å². The van der Waals surface area contributed by atoms with Gasteiger partial charge in [-0.15, -0.1) is 0 Å². The van der Waals surface area contributed by atoms with E-state index in [2.05, 4.69) is 49.7 Å². The Hall–Kier alpha value is -2.83. The number of unbranched alkanes of at least 4 members (excludes halogenated alkanes) is 4. The van der Waals surface area contributed by atoms with Crippen LogP contribution < -0.4 is 22.3 Å². The summed E-state index contributed by atoms with van der Waals surface area (Å²) < 4.78 is 12.4. The van der Waals surface area contributed by atoms with Gasteiger partial charge in [0.05, 0.1) is 33.4 Å². The Labute approximate surface area is 334 Å². The number of carbonyl (C=O) groups is 1. The first kappa shape index (κ1) is 45.6. The highest BCUT2D eigenvalue weighted by Crippen LogP contribution is 2.42. The van der Waals surface area contributed by atoms with Crippen molar-refractivity contribution in [2.45, 2.75) is 101 Å². The molecule has 0 amide bonds. The van der Waals surface area contributed by atoms with Crippen molar-refractivity contribution < 1.29 is 56.2 Å². The van der Waals surface area contributed by atoms with E-state index in [1.165, 1.54) is 18.1 Å². The van der Waals surface area contributed by atoms with Gasteiger partial charge in [-0.3, -0.25) is 0 Å². The molecule has 5 N–H and O–H groups in total. The van der Waals surface area contributed by atoms with Crippen LogP contribution in [0.4, 0.5) is 0 Å². The molecule has 1 saturated carbocycles. The standard InChI is InChI=1S/C25H37NO4.C19H28NO3.BrH/c27-20-23-18-22(13-14-24(23)28)25(29)19-26-15-7-1-2-8-16-30-17-9-6-12-21-10-4-3-5-11-21;1-20(2)13-12-17(14-20)23-18(21)19(22,16-10-6-7-11-16)15-8-4-3-5-9-15;/h3-5,10-11,13-14,18,25-29H,1-2,6-9,12,15-17,19-20H2;3-5,8-9,16-17,22H,6-7,10-14H2,1-2H3;1H/q;+1;/p-1. The zero-order valence-electron chi connectivity index (χ0n) is 32.5. The first-order valence-corrected chi connectivity index (χ1v) is 19.9. The summed E-state index contributed by atoms with van der Waals surface area (Å²) in [6, 6.07) is 24.8. The third kappa shape index (κ3) is 14.7. The molecule has 9 nitrogen and oxygen atoms in total. The summed E-state index contributed by atoms with van der Waals surface area (Å²) in [5.41, 5.74) is 1.70. The van der Waals surface area contributed by atoms with E-state index in [1.807, 2.05) is 30.3 Å². The molecule has 1 aliphatic carbocycles. The Morgan fingerprint density at radius 3 is 2.19 bits per heavy atom. The molecule has 3 atom stereocenters. The fourth-order valence-electron chi connectivity index (χ4n) is 7.50. The second-order valence-electron chi connectivity index (χ2n) is 15.5. The number of hydrogen-bond acceptors (Lipinski definition) is 8. The molecule has 3 unspecified atom stereocenters. The quantitative estimate of drug-likeness (QED) is 0.0667. The SMILES string of the molecule is C[N+]1(C)CCC(OC(=O)C(O)(c2ccccc2)C2CCCC2)C1.OCc1cc(C(O)CNCCCCCCOCCCCc2ccccc2)ccc1O.[Br-]. The van der Waals surface area contributed by atoms with E-state index < -0.39 is 17.7 Å². The van der Waals surface area contributed by atoms with Crippen molar-refractivity contribution in [2.75, 3.05) is 53.5 Å². The van der Waals surface area contributed by atoms with E-state index in [1.54, 1.807) is 12.1 Å². The van der Waals surface area contributed by atoms with Gasteiger partial charge in [-0.1, -0.05) is 92.4 Å². The van der Waals surface area contributed by atoms with Gasteiger partial charge in [0.15, 0.2) is 11.7 Å². The number of likely N-dealkylation sites (tertiary alicyclic amines) is 1. The summed E-state index contributed by atoms with van der Waals surface area (Å²) in [6.45, 7) is 4.60. The number of aliphatic hydroxyl groups excluding tert-OH is 2. The number of rotatable bonds is 20. The van der Waals surface area contributed by atoms with E-state index in [9.17, 15) is 25.2 Å². The van der Waals surface area contributed by atoms with E-state index in [0.717, 1.165) is 108 Å². The first-order valence-electron chi connectivity index (χ1n) is 19.9. The Balaban J connectivity index is 0.000000294. The van der Waals surface area contributed by atoms with Crippen LogP contribution in [0.3, 0.4) is 0 Å². The molecule has 1 heterocycles. The number of hydrogen-bond donors (Lipinski definition) is 5. The number of ether oxygens (including phenoxy) is 2. The summed E-state index contributed by atoms with van der Waals surface area (Å²) in [4.78, 5) is 12.9. The Morgan fingerprint density at radius 1 is 0.889 bits per heavy atom. The van der Waals surface area contributed by atoms with E-state index in [4.69, 9.17) is 9.47 Å². The highest BCUT2D eigenvalue weighted by atomic mass is 79.9. The van der Waals surface area contributed by atoms with Gasteiger partial charge in [0.2, 0.25) is 0 Å². The molecule has 1 saturated heterocycles. The fraction of sp³-hybridized carbons (Fsp3) is 0.568. The normalized spacial score (nSPS) is 18.2. The molecule has 5 rings (SSSR count). The van der Waals surface area contributed by atoms with Crippen molar-refractivity contribution in [1.82, 2.24) is 5.32 Å². The van der Waals surface area contributed by atoms with Gasteiger partial charge in [-0.25, -0.2) is 4.79 Å². The number of phenols is 1. The molecule has 0 radical (unpaired) electrons. The number of carbonyl (C=O) groups excluding carboxylic acids is 1. The lowest BCUT2D eigenvalue weighted by Gasteiger charge is -2.33. The molecule has 2 fully saturated rings. The molecule has 10 heteroatoms. The number of nitrogens with one attached hydrogen (secondary N) is 1. The number of aromatic hydroxyl groups is 1. The molecular formula is C44H65BrN2O7. The van der Waals surface area contributed by atoms with Gasteiger partial charge >= 0.3 is 5.97 Å². The monoisotopic (exact) mass is 812 g/mol. The predicted molar refractivity (Wildman–Crippen MR) is 209 cm³/mol. The zero-order valence-corrected chi connectivity index (χ0v) is 34.1. The average Bonchev–Trinajstić information content (AvgIpc) is 3.84. The summed E-state index contributed by atoms with van der Waals surface area (Å²) in [7, 11) is 4.29. The summed E-state index contributed by atoms with van der Waals surface area (Å²) in [5, 5.41) is 43.6. The molecule has 3 aromatic carbocycles. The van der Waals surface area contributed by atoms with Crippen molar-refractivity contribution in [2.24, 2.45) is 5.92 Å². The minimum absolute atomic E-state index is 0. The van der Waals surface area contributed by atoms with Gasteiger partial charge in [-0.05, 0) is 80.3 Å². The first-order chi connectivity index (χ1) is 25.6. The molecule has 3 aromatic rings. The number of aryl methyl sites for hydroxylation is 1. The molecule has 0 spiro atoms. The number of esters is 1. The van der Waals surface area contributed by atoms with Gasteiger partial charge < -0.3 is 56.7 Å². The molecule has 2 aliphatic rings. The maximum atomic E-state index is 12.9. The van der Waals surface area contributed by atoms with Gasteiger partial charge in [-0.2, -0.15) is 0 Å². The minimum Gasteiger partial charge on any atom is -1.00 e. The lowest BCUT2D eigenvalue weighted by molar-refractivity contribution is -0.879. The highest BCUT2D eigenvalue weighted by molar-refractivity contribution is 5.81. The van der Waals surface area contributed by atoms with E-state index in [-0.39, 0.29) is 41.4 Å². The van der Waals surface area contributed by atoms with Crippen molar-refractivity contribution in [3.05, 3.63) is 101 Å². The maximum absolute atomic E-state index is 12.9. The number of quaternary nitrogens is 1. The average molecular weight is 814 g/mol. The number of aliphatic hydroxyl groups is 3. The van der Waals surface area contributed by atoms with Crippen LogP contribution in [-0.2, 0) is 32.9 Å². The summed E-state index contributed by atoms with van der Waals surface area (Å²) >= 11 is 0. The number of halogens is 1. The van der Waals surface area contributed by atoms with Crippen molar-refractivity contribution in [1.29, 1.82) is 0 Å². The zero-order chi connectivity index (χ0) is 37.9. The topological polar surface area (TPSA) is 128 Å². The predicted octanol–water partition coefficient (Wildman–Crippen LogP) is 3.57. The van der Waals surface area contributed by atoms with E-state index >= 15 is 0 Å². The van der Waals surface area contributed by atoms with Crippen LogP contribution in [0.15, 0.2) is 78.9 Å². The molecule has 54 heavy (non-hydrogen) atoms. The lowest BCUT2D eigenvalue weighted by Crippen LogP contribution is -3.00. The summed E-state index contributed by atoms with van der Waals surface area (Å²) in [5.74, 6) is -0.443. The van der Waals surface area contributed by atoms with Crippen molar-refractivity contribution in [3.63, 3.8) is 0 Å². The van der Waals surface area contributed by atoms with Crippen LogP contribution in [-0.4, -0.2) is 90.5 Å². The van der Waals surface area contributed by atoms with Crippen LogP contribution >= 0.6 is 0 Å². The molecular weight excluding hydrogens is 748 g/mol. The number of nitrogens with zero attached hydrogens (tertiary/aromatic N) is 1. The second kappa shape index (κ2) is 23.9. The van der Waals surface area contributed by atoms with Crippen LogP contribution in [0.5, 0.6) is 5.75 Å². The van der Waals surface area contributed by atoms with Gasteiger partial charge in [0.25, 0.3) is 0 Å². The van der Waals surface area contributed by atoms with Crippen LogP contribution in [0.25, 0.3) is 0 Å². The highest BCUT2D eigenvalue weighted by Gasteiger charge is 2.49. The van der Waals surface area contributed by atoms with Crippen molar-refractivity contribution in [3.8, 4) is 5.75 Å². The third-order valence-corrected chi connectivity index (χ3v) is 10.7. The minimum atomic E-state index is -1.50.